The highest BCUT2D eigenvalue weighted by atomic mass is 15.2. The van der Waals surface area contributed by atoms with Gasteiger partial charge in [0.05, 0.1) is 0 Å². The molecule has 0 radical (unpaired) electrons. The van der Waals surface area contributed by atoms with E-state index < -0.39 is 0 Å². The zero-order chi connectivity index (χ0) is 15.5. The molecular weight excluding hydrogens is 258 g/mol. The summed E-state index contributed by atoms with van der Waals surface area (Å²) in [4.78, 5) is 5.21. The summed E-state index contributed by atoms with van der Waals surface area (Å²) in [6, 6.07) is 2.43. The summed E-state index contributed by atoms with van der Waals surface area (Å²) in [7, 11) is 4.40. The van der Waals surface area contributed by atoms with E-state index >= 15 is 0 Å². The van der Waals surface area contributed by atoms with E-state index in [4.69, 9.17) is 0 Å². The van der Waals surface area contributed by atoms with Gasteiger partial charge in [-0.15, -0.1) is 0 Å². The van der Waals surface area contributed by atoms with Crippen molar-refractivity contribution in [1.82, 2.24) is 15.1 Å². The van der Waals surface area contributed by atoms with Crippen molar-refractivity contribution in [2.24, 2.45) is 5.41 Å². The number of nitrogens with one attached hydrogen (secondary N) is 1. The number of piperidine rings is 2. The summed E-state index contributed by atoms with van der Waals surface area (Å²) >= 11 is 0. The van der Waals surface area contributed by atoms with E-state index in [9.17, 15) is 0 Å². The lowest BCUT2D eigenvalue weighted by Gasteiger charge is -2.51. The molecule has 2 atom stereocenters. The average Bonchev–Trinajstić information content (AvgIpc) is 2.34. The molecule has 3 nitrogen and oxygen atoms in total. The van der Waals surface area contributed by atoms with Gasteiger partial charge >= 0.3 is 0 Å². The third-order valence-electron chi connectivity index (χ3n) is 5.16. The second-order valence-corrected chi connectivity index (χ2v) is 8.44. The molecule has 3 heteroatoms. The average molecular weight is 296 g/mol. The van der Waals surface area contributed by atoms with Crippen LogP contribution in [-0.2, 0) is 0 Å². The molecular formula is C18H37N3. The lowest BCUT2D eigenvalue weighted by Crippen LogP contribution is -2.58. The lowest BCUT2D eigenvalue weighted by molar-refractivity contribution is -0.00701. The summed E-state index contributed by atoms with van der Waals surface area (Å²) in [5, 5.41) is 3.78. The van der Waals surface area contributed by atoms with Gasteiger partial charge in [0.1, 0.15) is 0 Å². The molecule has 0 amide bonds. The van der Waals surface area contributed by atoms with Gasteiger partial charge in [0.15, 0.2) is 0 Å². The van der Waals surface area contributed by atoms with Gasteiger partial charge in [-0.05, 0) is 58.2 Å². The van der Waals surface area contributed by atoms with Gasteiger partial charge in [-0.2, -0.15) is 0 Å². The molecule has 0 spiro atoms. The Morgan fingerprint density at radius 2 is 1.76 bits per heavy atom. The van der Waals surface area contributed by atoms with E-state index in [1.54, 1.807) is 0 Å². The van der Waals surface area contributed by atoms with Gasteiger partial charge in [-0.3, -0.25) is 4.90 Å². The monoisotopic (exact) mass is 295 g/mol. The Labute approximate surface area is 132 Å². The Kier molecular flexibility index (Phi) is 6.10. The molecule has 1 N–H and O–H groups in total. The highest BCUT2D eigenvalue weighted by Crippen LogP contribution is 2.36. The minimum atomic E-state index is 0.390. The summed E-state index contributed by atoms with van der Waals surface area (Å²) in [5.41, 5.74) is 0.390. The number of nitrogens with zero attached hydrogens (tertiary/aromatic N) is 2. The van der Waals surface area contributed by atoms with Gasteiger partial charge in [0.2, 0.25) is 0 Å². The maximum atomic E-state index is 3.78. The second-order valence-electron chi connectivity index (χ2n) is 8.44. The van der Waals surface area contributed by atoms with E-state index in [2.05, 4.69) is 50.0 Å². The number of rotatable bonds is 7. The van der Waals surface area contributed by atoms with E-state index in [0.717, 1.165) is 18.1 Å². The molecule has 0 aliphatic carbocycles. The largest absolute Gasteiger partial charge is 0.314 e. The Hall–Kier alpha value is -0.120. The standard InChI is InChI=1S/C18H37N3/c1-6-10-19-15-11-16-8-7-9-17(12-15)21(16)14-18(2,3)13-20(4)5/h15-17,19H,6-14H2,1-5H3. The molecule has 2 rings (SSSR count). The first-order chi connectivity index (χ1) is 9.91. The van der Waals surface area contributed by atoms with Crippen molar-refractivity contribution in [3.05, 3.63) is 0 Å². The van der Waals surface area contributed by atoms with Crippen LogP contribution in [-0.4, -0.2) is 61.7 Å². The van der Waals surface area contributed by atoms with Crippen LogP contribution in [0.1, 0.15) is 59.3 Å². The van der Waals surface area contributed by atoms with Crippen molar-refractivity contribution in [3.63, 3.8) is 0 Å². The van der Waals surface area contributed by atoms with Crippen molar-refractivity contribution >= 4 is 0 Å². The smallest absolute Gasteiger partial charge is 0.0113 e. The topological polar surface area (TPSA) is 18.5 Å². The maximum absolute atomic E-state index is 3.78. The molecule has 2 unspecified atom stereocenters. The number of hydrogen-bond acceptors (Lipinski definition) is 3. The van der Waals surface area contributed by atoms with E-state index in [-0.39, 0.29) is 0 Å². The zero-order valence-electron chi connectivity index (χ0n) is 15.0. The van der Waals surface area contributed by atoms with Gasteiger partial charge in [0.25, 0.3) is 0 Å². The zero-order valence-corrected chi connectivity index (χ0v) is 15.0. The van der Waals surface area contributed by atoms with Crippen LogP contribution >= 0.6 is 0 Å². The molecule has 0 aromatic heterocycles. The minimum absolute atomic E-state index is 0.390. The van der Waals surface area contributed by atoms with Crippen LogP contribution in [0.5, 0.6) is 0 Å². The lowest BCUT2D eigenvalue weighted by atomic mass is 9.79. The quantitative estimate of drug-likeness (QED) is 0.779. The molecule has 2 aliphatic heterocycles. The summed E-state index contributed by atoms with van der Waals surface area (Å²) in [6.07, 6.45) is 8.27. The van der Waals surface area contributed by atoms with Crippen molar-refractivity contribution < 1.29 is 0 Å². The SMILES string of the molecule is CCCNC1CC2CCCC(C1)N2CC(C)(C)CN(C)C. The Morgan fingerprint density at radius 3 is 2.29 bits per heavy atom. The molecule has 2 heterocycles. The highest BCUT2D eigenvalue weighted by molar-refractivity contribution is 4.96. The predicted molar refractivity (Wildman–Crippen MR) is 91.8 cm³/mol. The minimum Gasteiger partial charge on any atom is -0.314 e. The fourth-order valence-electron chi connectivity index (χ4n) is 4.65. The maximum Gasteiger partial charge on any atom is 0.0113 e. The molecule has 0 aromatic rings. The van der Waals surface area contributed by atoms with Gasteiger partial charge in [0, 0.05) is 31.2 Å². The van der Waals surface area contributed by atoms with Gasteiger partial charge < -0.3 is 10.2 Å². The van der Waals surface area contributed by atoms with E-state index in [1.165, 1.54) is 58.2 Å². The first kappa shape index (κ1) is 17.2. The molecule has 124 valence electrons. The van der Waals surface area contributed by atoms with Crippen LogP contribution in [0.15, 0.2) is 0 Å². The fraction of sp³-hybridized carbons (Fsp3) is 1.00. The van der Waals surface area contributed by atoms with Crippen molar-refractivity contribution in [1.29, 1.82) is 0 Å². The molecule has 2 bridgehead atoms. The van der Waals surface area contributed by atoms with Crippen LogP contribution in [0.2, 0.25) is 0 Å². The first-order valence-electron chi connectivity index (χ1n) is 9.05. The molecule has 2 fully saturated rings. The molecule has 2 saturated heterocycles. The third-order valence-corrected chi connectivity index (χ3v) is 5.16. The van der Waals surface area contributed by atoms with Crippen LogP contribution in [0.3, 0.4) is 0 Å². The van der Waals surface area contributed by atoms with Crippen LogP contribution < -0.4 is 5.32 Å². The summed E-state index contributed by atoms with van der Waals surface area (Å²) in [5.74, 6) is 0. The Bertz CT molecular complexity index is 300. The van der Waals surface area contributed by atoms with E-state index in [1.807, 2.05) is 0 Å². The third kappa shape index (κ3) is 4.94. The van der Waals surface area contributed by atoms with Crippen molar-refractivity contribution in [2.45, 2.75) is 77.4 Å². The molecule has 0 saturated carbocycles. The van der Waals surface area contributed by atoms with E-state index in [0.29, 0.717) is 5.41 Å². The molecule has 0 aromatic carbocycles. The molecule has 2 aliphatic rings. The number of fused-ring (bicyclic) bond motifs is 2. The highest BCUT2D eigenvalue weighted by Gasteiger charge is 2.40. The van der Waals surface area contributed by atoms with Gasteiger partial charge in [-0.1, -0.05) is 27.2 Å². The van der Waals surface area contributed by atoms with Crippen molar-refractivity contribution in [3.8, 4) is 0 Å². The van der Waals surface area contributed by atoms with Crippen LogP contribution in [0.4, 0.5) is 0 Å². The molecule has 21 heavy (non-hydrogen) atoms. The van der Waals surface area contributed by atoms with Crippen LogP contribution in [0, 0.1) is 5.41 Å². The summed E-state index contributed by atoms with van der Waals surface area (Å²) in [6.45, 7) is 10.8. The summed E-state index contributed by atoms with van der Waals surface area (Å²) < 4.78 is 0. The van der Waals surface area contributed by atoms with Gasteiger partial charge in [-0.25, -0.2) is 0 Å². The normalized spacial score (nSPS) is 30.9. The number of hydrogen-bond donors (Lipinski definition) is 1. The Balaban J connectivity index is 1.95. The van der Waals surface area contributed by atoms with Crippen LogP contribution in [0.25, 0.3) is 0 Å². The first-order valence-corrected chi connectivity index (χ1v) is 9.05. The second kappa shape index (κ2) is 7.43. The Morgan fingerprint density at radius 1 is 1.14 bits per heavy atom. The predicted octanol–water partition coefficient (Wildman–Crippen LogP) is 2.96. The van der Waals surface area contributed by atoms with Crippen molar-refractivity contribution in [2.75, 3.05) is 33.7 Å². The fourth-order valence-corrected chi connectivity index (χ4v) is 4.65.